The molecule has 0 aromatic carbocycles. The van der Waals surface area contributed by atoms with Gasteiger partial charge in [0.05, 0.1) is 6.20 Å². The second-order valence-electron chi connectivity index (χ2n) is 4.41. The number of hydrogen-bond donors (Lipinski definition) is 0. The summed E-state index contributed by atoms with van der Waals surface area (Å²) in [5.41, 5.74) is 2.45. The molecule has 2 heterocycles. The summed E-state index contributed by atoms with van der Waals surface area (Å²) in [5.74, 6) is 0.971. The molecule has 1 aromatic heterocycles. The van der Waals surface area contributed by atoms with Crippen molar-refractivity contribution in [1.29, 1.82) is 0 Å². The van der Waals surface area contributed by atoms with Gasteiger partial charge in [0, 0.05) is 24.7 Å². The first-order valence-electron chi connectivity index (χ1n) is 5.53. The minimum atomic E-state index is 0.624. The third kappa shape index (κ3) is 2.12. The molecule has 0 saturated carbocycles. The Balaban J connectivity index is 2.12. The van der Waals surface area contributed by atoms with Crippen LogP contribution in [-0.4, -0.2) is 29.2 Å². The maximum absolute atomic E-state index is 5.26. The van der Waals surface area contributed by atoms with E-state index in [0.29, 0.717) is 6.04 Å². The average Bonchev–Trinajstić information content (AvgIpc) is 2.65. The first-order valence-corrected chi connectivity index (χ1v) is 5.53. The fourth-order valence-corrected chi connectivity index (χ4v) is 1.96. The van der Waals surface area contributed by atoms with E-state index >= 15 is 0 Å². The van der Waals surface area contributed by atoms with Gasteiger partial charge in [-0.1, -0.05) is 11.2 Å². The van der Waals surface area contributed by atoms with Crippen LogP contribution < -0.4 is 0 Å². The Kier molecular flexibility index (Phi) is 2.91. The van der Waals surface area contributed by atoms with E-state index in [1.807, 2.05) is 6.92 Å². The first-order chi connectivity index (χ1) is 7.18. The van der Waals surface area contributed by atoms with E-state index in [2.05, 4.69) is 30.0 Å². The Hall–Kier alpha value is -1.09. The van der Waals surface area contributed by atoms with Crippen LogP contribution in [0.15, 0.2) is 16.8 Å². The van der Waals surface area contributed by atoms with Gasteiger partial charge in [0.2, 0.25) is 0 Å². The lowest BCUT2D eigenvalue weighted by atomic mass is 10.0. The van der Waals surface area contributed by atoms with Crippen LogP contribution in [0.5, 0.6) is 0 Å². The summed E-state index contributed by atoms with van der Waals surface area (Å²) in [6.07, 6.45) is 5.11. The molecular formula is C12H18N2O. The largest absolute Gasteiger partial charge is 0.356 e. The molecule has 1 aromatic rings. The van der Waals surface area contributed by atoms with E-state index in [1.54, 1.807) is 6.20 Å². The van der Waals surface area contributed by atoms with Crippen LogP contribution in [0.25, 0.3) is 5.57 Å². The van der Waals surface area contributed by atoms with E-state index in [1.165, 1.54) is 5.57 Å². The van der Waals surface area contributed by atoms with Crippen molar-refractivity contribution in [2.24, 2.45) is 0 Å². The summed E-state index contributed by atoms with van der Waals surface area (Å²) in [4.78, 5) is 2.45. The molecule has 3 nitrogen and oxygen atoms in total. The fourth-order valence-electron chi connectivity index (χ4n) is 1.96. The Morgan fingerprint density at radius 2 is 2.27 bits per heavy atom. The maximum Gasteiger partial charge on any atom is 0.165 e. The van der Waals surface area contributed by atoms with Gasteiger partial charge in [0.1, 0.15) is 0 Å². The summed E-state index contributed by atoms with van der Waals surface area (Å²) in [5, 5.41) is 3.82. The van der Waals surface area contributed by atoms with Gasteiger partial charge < -0.3 is 4.52 Å². The van der Waals surface area contributed by atoms with Crippen molar-refractivity contribution in [1.82, 2.24) is 10.1 Å². The summed E-state index contributed by atoms with van der Waals surface area (Å²) in [6, 6.07) is 0.624. The standard InChI is InChI=1S/C12H18N2O/c1-9(2)14-6-4-11(5-7-14)12-10(3)8-13-15-12/h4,8-9H,5-7H2,1-3H3. The monoisotopic (exact) mass is 206 g/mol. The van der Waals surface area contributed by atoms with Crippen LogP contribution in [-0.2, 0) is 0 Å². The van der Waals surface area contributed by atoms with Crippen molar-refractivity contribution < 1.29 is 4.52 Å². The summed E-state index contributed by atoms with van der Waals surface area (Å²) < 4.78 is 5.26. The molecule has 3 heteroatoms. The summed E-state index contributed by atoms with van der Waals surface area (Å²) >= 11 is 0. The summed E-state index contributed by atoms with van der Waals surface area (Å²) in [7, 11) is 0. The van der Waals surface area contributed by atoms with Gasteiger partial charge in [0.15, 0.2) is 5.76 Å². The molecule has 0 amide bonds. The number of aromatic nitrogens is 1. The van der Waals surface area contributed by atoms with Crippen LogP contribution in [0.2, 0.25) is 0 Å². The zero-order valence-corrected chi connectivity index (χ0v) is 9.66. The second kappa shape index (κ2) is 4.19. The van der Waals surface area contributed by atoms with E-state index < -0.39 is 0 Å². The molecule has 15 heavy (non-hydrogen) atoms. The predicted octanol–water partition coefficient (Wildman–Crippen LogP) is 2.48. The van der Waals surface area contributed by atoms with Crippen LogP contribution in [0.1, 0.15) is 31.6 Å². The minimum Gasteiger partial charge on any atom is -0.356 e. The predicted molar refractivity (Wildman–Crippen MR) is 60.5 cm³/mol. The third-order valence-corrected chi connectivity index (χ3v) is 3.01. The molecule has 0 fully saturated rings. The summed E-state index contributed by atoms with van der Waals surface area (Å²) in [6.45, 7) is 8.65. The normalized spacial score (nSPS) is 18.3. The Labute approximate surface area is 90.7 Å². The fraction of sp³-hybridized carbons (Fsp3) is 0.583. The third-order valence-electron chi connectivity index (χ3n) is 3.01. The van der Waals surface area contributed by atoms with Crippen LogP contribution in [0.3, 0.4) is 0 Å². The average molecular weight is 206 g/mol. The SMILES string of the molecule is Cc1cnoc1C1=CCN(C(C)C)CC1. The Bertz CT molecular complexity index is 365. The highest BCUT2D eigenvalue weighted by Crippen LogP contribution is 2.25. The quantitative estimate of drug-likeness (QED) is 0.744. The molecule has 0 spiro atoms. The van der Waals surface area contributed by atoms with Gasteiger partial charge in [-0.05, 0) is 32.8 Å². The number of aryl methyl sites for hydroxylation is 1. The Morgan fingerprint density at radius 1 is 1.47 bits per heavy atom. The van der Waals surface area contributed by atoms with Gasteiger partial charge in [0.25, 0.3) is 0 Å². The zero-order valence-electron chi connectivity index (χ0n) is 9.66. The molecule has 2 rings (SSSR count). The molecule has 1 aliphatic rings. The lowest BCUT2D eigenvalue weighted by Gasteiger charge is -2.29. The lowest BCUT2D eigenvalue weighted by Crippen LogP contribution is -2.34. The molecule has 1 aliphatic heterocycles. The molecular weight excluding hydrogens is 188 g/mol. The number of rotatable bonds is 2. The molecule has 82 valence electrons. The molecule has 0 unspecified atom stereocenters. The lowest BCUT2D eigenvalue weighted by molar-refractivity contribution is 0.244. The van der Waals surface area contributed by atoms with Gasteiger partial charge in [-0.15, -0.1) is 0 Å². The minimum absolute atomic E-state index is 0.624. The van der Waals surface area contributed by atoms with Crippen molar-refractivity contribution in [3.63, 3.8) is 0 Å². The zero-order chi connectivity index (χ0) is 10.8. The smallest absolute Gasteiger partial charge is 0.165 e. The molecule has 0 bridgehead atoms. The van der Waals surface area contributed by atoms with Crippen LogP contribution in [0.4, 0.5) is 0 Å². The van der Waals surface area contributed by atoms with Crippen molar-refractivity contribution in [3.8, 4) is 0 Å². The number of nitrogens with zero attached hydrogens (tertiary/aromatic N) is 2. The highest BCUT2D eigenvalue weighted by molar-refractivity contribution is 5.64. The molecule has 0 atom stereocenters. The Morgan fingerprint density at radius 3 is 2.73 bits per heavy atom. The maximum atomic E-state index is 5.26. The molecule has 0 radical (unpaired) electrons. The van der Waals surface area contributed by atoms with E-state index in [0.717, 1.165) is 30.8 Å². The van der Waals surface area contributed by atoms with Crippen LogP contribution in [0, 0.1) is 6.92 Å². The number of hydrogen-bond acceptors (Lipinski definition) is 3. The second-order valence-corrected chi connectivity index (χ2v) is 4.41. The molecule has 0 N–H and O–H groups in total. The topological polar surface area (TPSA) is 29.3 Å². The van der Waals surface area contributed by atoms with E-state index in [-0.39, 0.29) is 0 Å². The van der Waals surface area contributed by atoms with Crippen molar-refractivity contribution in [2.75, 3.05) is 13.1 Å². The highest BCUT2D eigenvalue weighted by atomic mass is 16.5. The van der Waals surface area contributed by atoms with E-state index in [4.69, 9.17) is 4.52 Å². The van der Waals surface area contributed by atoms with Gasteiger partial charge in [-0.3, -0.25) is 4.90 Å². The van der Waals surface area contributed by atoms with Gasteiger partial charge in [-0.25, -0.2) is 0 Å². The first kappa shape index (κ1) is 10.4. The van der Waals surface area contributed by atoms with Crippen molar-refractivity contribution >= 4 is 5.57 Å². The molecule has 0 aliphatic carbocycles. The van der Waals surface area contributed by atoms with Crippen molar-refractivity contribution in [3.05, 3.63) is 23.6 Å². The van der Waals surface area contributed by atoms with Crippen LogP contribution >= 0.6 is 0 Å². The molecule has 0 saturated heterocycles. The van der Waals surface area contributed by atoms with E-state index in [9.17, 15) is 0 Å². The van der Waals surface area contributed by atoms with Gasteiger partial charge >= 0.3 is 0 Å². The highest BCUT2D eigenvalue weighted by Gasteiger charge is 2.18. The van der Waals surface area contributed by atoms with Gasteiger partial charge in [-0.2, -0.15) is 0 Å². The van der Waals surface area contributed by atoms with Crippen molar-refractivity contribution in [2.45, 2.75) is 33.2 Å².